The highest BCUT2D eigenvalue weighted by molar-refractivity contribution is 5.47. The molecule has 1 fully saturated rings. The fourth-order valence-corrected chi connectivity index (χ4v) is 4.75. The number of hydrogen-bond donors (Lipinski definition) is 0. The number of ether oxygens (including phenoxy) is 2. The van der Waals surface area contributed by atoms with Gasteiger partial charge in [-0.05, 0) is 31.4 Å². The minimum absolute atomic E-state index is 0.139. The number of methoxy groups -OCH3 is 1. The quantitative estimate of drug-likeness (QED) is 0.357. The summed E-state index contributed by atoms with van der Waals surface area (Å²) >= 11 is 0. The van der Waals surface area contributed by atoms with Gasteiger partial charge in [0.15, 0.2) is 11.5 Å². The molecule has 2 aliphatic rings. The lowest BCUT2D eigenvalue weighted by molar-refractivity contribution is -0.385. The Labute approximate surface area is 204 Å². The summed E-state index contributed by atoms with van der Waals surface area (Å²) in [7, 11) is 1.62. The van der Waals surface area contributed by atoms with Crippen molar-refractivity contribution in [3.05, 3.63) is 75.5 Å². The van der Waals surface area contributed by atoms with E-state index in [4.69, 9.17) is 19.4 Å². The Morgan fingerprint density at radius 2 is 1.71 bits per heavy atom. The fraction of sp³-hybridized carbons (Fsp3) is 0.385. The molecule has 0 saturated carbocycles. The minimum Gasteiger partial charge on any atom is -0.493 e. The van der Waals surface area contributed by atoms with Gasteiger partial charge in [0.05, 0.1) is 23.3 Å². The number of rotatable bonds is 7. The van der Waals surface area contributed by atoms with E-state index in [2.05, 4.69) is 9.80 Å². The molecule has 0 N–H and O–H groups in total. The Bertz CT molecular complexity index is 1210. The Morgan fingerprint density at radius 3 is 2.49 bits per heavy atom. The molecule has 9 nitrogen and oxygen atoms in total. The number of fused-ring (bicyclic) bond motifs is 1. The first-order valence-corrected chi connectivity index (χ1v) is 12.0. The summed E-state index contributed by atoms with van der Waals surface area (Å²) < 4.78 is 11.8. The van der Waals surface area contributed by atoms with E-state index >= 15 is 0 Å². The van der Waals surface area contributed by atoms with E-state index in [0.29, 0.717) is 42.0 Å². The van der Waals surface area contributed by atoms with Gasteiger partial charge in [-0.25, -0.2) is 4.98 Å². The van der Waals surface area contributed by atoms with Gasteiger partial charge in [-0.1, -0.05) is 30.3 Å². The Balaban J connectivity index is 1.48. The highest BCUT2D eigenvalue weighted by Gasteiger charge is 2.27. The van der Waals surface area contributed by atoms with Crippen LogP contribution in [0.4, 0.5) is 11.6 Å². The van der Waals surface area contributed by atoms with Crippen LogP contribution in [0.15, 0.2) is 48.5 Å². The Kier molecular flexibility index (Phi) is 6.76. The molecule has 2 aromatic carbocycles. The second-order valence-corrected chi connectivity index (χ2v) is 8.90. The van der Waals surface area contributed by atoms with Crippen LogP contribution in [0.1, 0.15) is 36.1 Å². The molecule has 5 rings (SSSR count). The van der Waals surface area contributed by atoms with Gasteiger partial charge in [0, 0.05) is 50.8 Å². The zero-order valence-corrected chi connectivity index (χ0v) is 19.9. The van der Waals surface area contributed by atoms with Crippen LogP contribution in [0.5, 0.6) is 17.4 Å². The number of nitrogens with zero attached hydrogens (tertiary/aromatic N) is 5. The molecule has 35 heavy (non-hydrogen) atoms. The Morgan fingerprint density at radius 1 is 0.971 bits per heavy atom. The van der Waals surface area contributed by atoms with Crippen LogP contribution in [-0.2, 0) is 19.5 Å². The van der Waals surface area contributed by atoms with Gasteiger partial charge in [0.25, 0.3) is 5.69 Å². The number of hydrogen-bond acceptors (Lipinski definition) is 8. The smallest absolute Gasteiger partial charge is 0.273 e. The molecule has 0 amide bonds. The lowest BCUT2D eigenvalue weighted by Crippen LogP contribution is -2.34. The van der Waals surface area contributed by atoms with E-state index in [1.165, 1.54) is 6.42 Å². The summed E-state index contributed by atoms with van der Waals surface area (Å²) in [5.41, 5.74) is 2.73. The van der Waals surface area contributed by atoms with Crippen LogP contribution >= 0.6 is 0 Å². The molecular weight excluding hydrogens is 446 g/mol. The molecule has 0 aliphatic carbocycles. The molecule has 1 saturated heterocycles. The number of anilines is 1. The summed E-state index contributed by atoms with van der Waals surface area (Å²) in [6, 6.07) is 14.4. The maximum absolute atomic E-state index is 11.5. The first-order chi connectivity index (χ1) is 17.1. The van der Waals surface area contributed by atoms with E-state index < -0.39 is 0 Å². The molecule has 3 heterocycles. The third kappa shape index (κ3) is 5.05. The number of para-hydroxylation sites is 3. The van der Waals surface area contributed by atoms with E-state index in [1.54, 1.807) is 19.2 Å². The normalized spacial score (nSPS) is 16.0. The summed E-state index contributed by atoms with van der Waals surface area (Å²) in [6.45, 7) is 3.65. The second kappa shape index (κ2) is 10.3. The highest BCUT2D eigenvalue weighted by atomic mass is 16.6. The van der Waals surface area contributed by atoms with Crippen LogP contribution in [0.2, 0.25) is 0 Å². The monoisotopic (exact) mass is 475 g/mol. The Hall–Kier alpha value is -3.72. The molecule has 2 aliphatic heterocycles. The fourth-order valence-electron chi connectivity index (χ4n) is 4.75. The molecule has 0 unspecified atom stereocenters. The van der Waals surface area contributed by atoms with Gasteiger partial charge < -0.3 is 14.4 Å². The molecule has 9 heteroatoms. The standard InChI is InChI=1S/C26H29N5O4/c1-34-23-11-5-6-12-24(23)35-25-20-18-29(17-19-9-3-4-10-22(19)31(32)33)16-13-21(20)27-26(28-25)30-14-7-2-8-15-30/h3-6,9-12H,2,7-8,13-18H2,1H3. The number of benzene rings is 2. The van der Waals surface area contributed by atoms with Crippen LogP contribution in [0.3, 0.4) is 0 Å². The molecule has 182 valence electrons. The van der Waals surface area contributed by atoms with Crippen molar-refractivity contribution in [1.29, 1.82) is 0 Å². The van der Waals surface area contributed by atoms with Crippen molar-refractivity contribution >= 4 is 11.6 Å². The predicted molar refractivity (Wildman–Crippen MR) is 132 cm³/mol. The van der Waals surface area contributed by atoms with Crippen molar-refractivity contribution in [2.75, 3.05) is 31.6 Å². The number of aromatic nitrogens is 2. The molecule has 3 aromatic rings. The van der Waals surface area contributed by atoms with E-state index in [-0.39, 0.29) is 10.6 Å². The zero-order valence-electron chi connectivity index (χ0n) is 19.9. The summed E-state index contributed by atoms with van der Waals surface area (Å²) in [5, 5.41) is 11.5. The average molecular weight is 476 g/mol. The van der Waals surface area contributed by atoms with Crippen LogP contribution < -0.4 is 14.4 Å². The summed E-state index contributed by atoms with van der Waals surface area (Å²) in [4.78, 5) is 25.4. The third-order valence-electron chi connectivity index (χ3n) is 6.59. The molecule has 1 aromatic heterocycles. The molecular formula is C26H29N5O4. The molecule has 0 spiro atoms. The zero-order chi connectivity index (χ0) is 24.2. The molecule has 0 radical (unpaired) electrons. The topological polar surface area (TPSA) is 93.9 Å². The van der Waals surface area contributed by atoms with Crippen LogP contribution in [-0.4, -0.2) is 46.5 Å². The van der Waals surface area contributed by atoms with Crippen molar-refractivity contribution in [1.82, 2.24) is 14.9 Å². The number of nitro benzene ring substituents is 1. The number of nitro groups is 1. The average Bonchev–Trinajstić information content (AvgIpc) is 2.90. The van der Waals surface area contributed by atoms with Gasteiger partial charge in [0.1, 0.15) is 0 Å². The van der Waals surface area contributed by atoms with Crippen LogP contribution in [0.25, 0.3) is 0 Å². The van der Waals surface area contributed by atoms with Gasteiger partial charge in [-0.2, -0.15) is 4.98 Å². The molecule has 0 atom stereocenters. The SMILES string of the molecule is COc1ccccc1Oc1nc(N2CCCCC2)nc2c1CN(Cc1ccccc1[N+](=O)[O-])CC2. The van der Waals surface area contributed by atoms with Gasteiger partial charge >= 0.3 is 0 Å². The second-order valence-electron chi connectivity index (χ2n) is 8.90. The first-order valence-electron chi connectivity index (χ1n) is 12.0. The maximum Gasteiger partial charge on any atom is 0.273 e. The van der Waals surface area contributed by atoms with Gasteiger partial charge in [0.2, 0.25) is 11.8 Å². The summed E-state index contributed by atoms with van der Waals surface area (Å²) in [6.07, 6.45) is 4.22. The van der Waals surface area contributed by atoms with E-state index in [0.717, 1.165) is 50.2 Å². The molecule has 0 bridgehead atoms. The lowest BCUT2D eigenvalue weighted by atomic mass is 10.0. The number of piperidine rings is 1. The van der Waals surface area contributed by atoms with Gasteiger partial charge in [-0.15, -0.1) is 0 Å². The van der Waals surface area contributed by atoms with E-state index in [1.807, 2.05) is 36.4 Å². The van der Waals surface area contributed by atoms with Crippen molar-refractivity contribution in [3.8, 4) is 17.4 Å². The van der Waals surface area contributed by atoms with Crippen molar-refractivity contribution in [3.63, 3.8) is 0 Å². The van der Waals surface area contributed by atoms with Gasteiger partial charge in [-0.3, -0.25) is 15.0 Å². The maximum atomic E-state index is 11.5. The summed E-state index contributed by atoms with van der Waals surface area (Å²) in [5.74, 6) is 2.45. The van der Waals surface area contributed by atoms with Crippen LogP contribution in [0, 0.1) is 10.1 Å². The third-order valence-corrected chi connectivity index (χ3v) is 6.59. The largest absolute Gasteiger partial charge is 0.493 e. The predicted octanol–water partition coefficient (Wildman–Crippen LogP) is 4.73. The van der Waals surface area contributed by atoms with Crippen molar-refractivity contribution in [2.45, 2.75) is 38.8 Å². The van der Waals surface area contributed by atoms with E-state index in [9.17, 15) is 10.1 Å². The first kappa shape index (κ1) is 23.0. The van der Waals surface area contributed by atoms with Crippen molar-refractivity contribution < 1.29 is 14.4 Å². The van der Waals surface area contributed by atoms with Crippen molar-refractivity contribution in [2.24, 2.45) is 0 Å². The minimum atomic E-state index is -0.322. The lowest BCUT2D eigenvalue weighted by Gasteiger charge is -2.32. The highest BCUT2D eigenvalue weighted by Crippen LogP contribution is 2.36.